The average molecular weight is 300 g/mol. The Morgan fingerprint density at radius 1 is 1.25 bits per heavy atom. The van der Waals surface area contributed by atoms with Crippen molar-refractivity contribution in [2.45, 2.75) is 31.7 Å². The summed E-state index contributed by atoms with van der Waals surface area (Å²) >= 11 is 5.76. The second-order valence-electron chi connectivity index (χ2n) is 4.96. The minimum atomic E-state index is -0.789. The van der Waals surface area contributed by atoms with Crippen molar-refractivity contribution >= 4 is 23.5 Å². The first-order valence-electron chi connectivity index (χ1n) is 6.46. The van der Waals surface area contributed by atoms with E-state index >= 15 is 0 Å². The van der Waals surface area contributed by atoms with Gasteiger partial charge >= 0.3 is 5.97 Å². The minimum absolute atomic E-state index is 0.0857. The Labute approximate surface area is 120 Å². The molecule has 0 atom stereocenters. The first-order valence-corrected chi connectivity index (χ1v) is 6.84. The van der Waals surface area contributed by atoms with Gasteiger partial charge in [-0.05, 0) is 37.8 Å². The van der Waals surface area contributed by atoms with Crippen LogP contribution in [0.25, 0.3) is 0 Å². The number of carbonyl (C=O) groups excluding carboxylic acids is 1. The monoisotopic (exact) mass is 299 g/mol. The third-order valence-corrected chi connectivity index (χ3v) is 3.99. The normalized spacial score (nSPS) is 22.3. The lowest BCUT2D eigenvalue weighted by Gasteiger charge is -2.26. The number of carboxylic acids is 1. The largest absolute Gasteiger partial charge is 0.481 e. The van der Waals surface area contributed by atoms with E-state index in [1.165, 1.54) is 18.2 Å². The van der Waals surface area contributed by atoms with E-state index in [0.29, 0.717) is 25.7 Å². The number of rotatable bonds is 3. The van der Waals surface area contributed by atoms with Crippen LogP contribution < -0.4 is 5.32 Å². The molecule has 0 spiro atoms. The molecule has 2 rings (SSSR count). The molecule has 2 N–H and O–H groups in total. The van der Waals surface area contributed by atoms with E-state index in [-0.39, 0.29) is 22.5 Å². The fourth-order valence-corrected chi connectivity index (χ4v) is 2.64. The van der Waals surface area contributed by atoms with Crippen molar-refractivity contribution in [1.82, 2.24) is 5.32 Å². The molecule has 1 aromatic carbocycles. The quantitative estimate of drug-likeness (QED) is 0.902. The van der Waals surface area contributed by atoms with Crippen LogP contribution in [0.2, 0.25) is 5.02 Å². The molecule has 0 heterocycles. The van der Waals surface area contributed by atoms with Gasteiger partial charge in [-0.3, -0.25) is 9.59 Å². The molecular weight excluding hydrogens is 285 g/mol. The fraction of sp³-hybridized carbons (Fsp3) is 0.429. The number of halogens is 2. The van der Waals surface area contributed by atoms with E-state index in [2.05, 4.69) is 5.32 Å². The van der Waals surface area contributed by atoms with Crippen LogP contribution in [0.5, 0.6) is 0 Å². The highest BCUT2D eigenvalue weighted by Crippen LogP contribution is 2.25. The van der Waals surface area contributed by atoms with Crippen molar-refractivity contribution < 1.29 is 19.1 Å². The zero-order valence-electron chi connectivity index (χ0n) is 10.7. The first-order chi connectivity index (χ1) is 9.49. The molecule has 1 amide bonds. The molecule has 1 aliphatic rings. The fourth-order valence-electron chi connectivity index (χ4n) is 2.43. The van der Waals surface area contributed by atoms with Crippen molar-refractivity contribution in [2.24, 2.45) is 5.92 Å². The molecule has 0 bridgehead atoms. The summed E-state index contributed by atoms with van der Waals surface area (Å²) in [5.74, 6) is -2.17. The molecule has 0 unspecified atom stereocenters. The summed E-state index contributed by atoms with van der Waals surface area (Å²) < 4.78 is 13.3. The Bertz CT molecular complexity index is 527. The lowest BCUT2D eigenvalue weighted by Crippen LogP contribution is -2.38. The van der Waals surface area contributed by atoms with Crippen LogP contribution in [-0.2, 0) is 4.79 Å². The van der Waals surface area contributed by atoms with Crippen LogP contribution in [0, 0.1) is 11.7 Å². The van der Waals surface area contributed by atoms with Gasteiger partial charge in [-0.1, -0.05) is 17.7 Å². The summed E-state index contributed by atoms with van der Waals surface area (Å²) in [6, 6.07) is 4.00. The first kappa shape index (κ1) is 14.8. The van der Waals surface area contributed by atoms with Gasteiger partial charge in [0.25, 0.3) is 5.91 Å². The van der Waals surface area contributed by atoms with Gasteiger partial charge in [0, 0.05) is 6.04 Å². The van der Waals surface area contributed by atoms with Crippen LogP contribution in [0.3, 0.4) is 0 Å². The number of benzene rings is 1. The molecule has 1 fully saturated rings. The van der Waals surface area contributed by atoms with E-state index < -0.39 is 17.7 Å². The van der Waals surface area contributed by atoms with Gasteiger partial charge < -0.3 is 10.4 Å². The van der Waals surface area contributed by atoms with Crippen LogP contribution in [0.1, 0.15) is 36.0 Å². The van der Waals surface area contributed by atoms with Gasteiger partial charge in [-0.2, -0.15) is 0 Å². The van der Waals surface area contributed by atoms with Gasteiger partial charge in [0.05, 0.1) is 16.5 Å². The van der Waals surface area contributed by atoms with Gasteiger partial charge in [0.2, 0.25) is 0 Å². The number of aliphatic carboxylic acids is 1. The van der Waals surface area contributed by atoms with E-state index in [1.807, 2.05) is 0 Å². The maximum absolute atomic E-state index is 13.3. The lowest BCUT2D eigenvalue weighted by atomic mass is 9.86. The van der Waals surface area contributed by atoms with Crippen molar-refractivity contribution in [3.8, 4) is 0 Å². The van der Waals surface area contributed by atoms with E-state index in [9.17, 15) is 14.0 Å². The summed E-state index contributed by atoms with van der Waals surface area (Å²) in [5.41, 5.74) is 0.104. The molecule has 1 aliphatic carbocycles. The van der Waals surface area contributed by atoms with Crippen molar-refractivity contribution in [3.05, 3.63) is 34.6 Å². The Morgan fingerprint density at radius 2 is 1.90 bits per heavy atom. The predicted molar refractivity (Wildman–Crippen MR) is 72.3 cm³/mol. The maximum atomic E-state index is 13.3. The number of carbonyl (C=O) groups is 2. The zero-order valence-corrected chi connectivity index (χ0v) is 11.5. The Kier molecular flexibility index (Phi) is 4.60. The van der Waals surface area contributed by atoms with E-state index in [0.717, 1.165) is 0 Å². The molecule has 0 radical (unpaired) electrons. The van der Waals surface area contributed by atoms with Gasteiger partial charge in [-0.15, -0.1) is 0 Å². The van der Waals surface area contributed by atoms with Crippen molar-refractivity contribution in [3.63, 3.8) is 0 Å². The van der Waals surface area contributed by atoms with E-state index in [4.69, 9.17) is 16.7 Å². The second-order valence-corrected chi connectivity index (χ2v) is 5.34. The molecule has 1 aromatic rings. The summed E-state index contributed by atoms with van der Waals surface area (Å²) in [6.45, 7) is 0. The summed E-state index contributed by atoms with van der Waals surface area (Å²) in [6.07, 6.45) is 2.29. The number of nitrogens with one attached hydrogen (secondary N) is 1. The smallest absolute Gasteiger partial charge is 0.306 e. The van der Waals surface area contributed by atoms with Gasteiger partial charge in [0.15, 0.2) is 0 Å². The standard InChI is InChI=1S/C14H15ClFNO3/c15-12-10(2-1-3-11(12)16)13(18)17-9-6-4-8(5-7-9)14(19)20/h1-3,8-9H,4-7H2,(H,17,18)(H,19,20). The zero-order chi connectivity index (χ0) is 14.7. The van der Waals surface area contributed by atoms with Crippen LogP contribution >= 0.6 is 11.6 Å². The maximum Gasteiger partial charge on any atom is 0.306 e. The topological polar surface area (TPSA) is 66.4 Å². The molecule has 20 heavy (non-hydrogen) atoms. The molecule has 0 aliphatic heterocycles. The van der Waals surface area contributed by atoms with E-state index in [1.54, 1.807) is 0 Å². The Hall–Kier alpha value is -1.62. The molecule has 108 valence electrons. The molecule has 4 nitrogen and oxygen atoms in total. The van der Waals surface area contributed by atoms with Gasteiger partial charge in [-0.25, -0.2) is 4.39 Å². The minimum Gasteiger partial charge on any atom is -0.481 e. The number of amides is 1. The van der Waals surface area contributed by atoms with Gasteiger partial charge in [0.1, 0.15) is 5.82 Å². The highest BCUT2D eigenvalue weighted by atomic mass is 35.5. The summed E-state index contributed by atoms with van der Waals surface area (Å²) in [7, 11) is 0. The second kappa shape index (κ2) is 6.22. The Morgan fingerprint density at radius 3 is 2.50 bits per heavy atom. The van der Waals surface area contributed by atoms with Crippen LogP contribution in [-0.4, -0.2) is 23.0 Å². The third-order valence-electron chi connectivity index (χ3n) is 3.61. The average Bonchev–Trinajstić information content (AvgIpc) is 2.42. The molecule has 0 saturated heterocycles. The number of hydrogen-bond donors (Lipinski definition) is 2. The highest BCUT2D eigenvalue weighted by molar-refractivity contribution is 6.34. The van der Waals surface area contributed by atoms with Crippen LogP contribution in [0.4, 0.5) is 4.39 Å². The number of carboxylic acid groups (broad SMARTS) is 1. The molecule has 6 heteroatoms. The summed E-state index contributed by atoms with van der Waals surface area (Å²) in [5, 5.41) is 11.5. The molecule has 1 saturated carbocycles. The summed E-state index contributed by atoms with van der Waals surface area (Å²) in [4.78, 5) is 22.9. The Balaban J connectivity index is 1.96. The SMILES string of the molecule is O=C(NC1CCC(C(=O)O)CC1)c1cccc(F)c1Cl. The predicted octanol–water partition coefficient (Wildman–Crippen LogP) is 2.85. The highest BCUT2D eigenvalue weighted by Gasteiger charge is 2.27. The molecular formula is C14H15ClFNO3. The number of hydrogen-bond acceptors (Lipinski definition) is 2. The van der Waals surface area contributed by atoms with Crippen molar-refractivity contribution in [2.75, 3.05) is 0 Å². The van der Waals surface area contributed by atoms with Crippen molar-refractivity contribution in [1.29, 1.82) is 0 Å². The molecule has 0 aromatic heterocycles. The lowest BCUT2D eigenvalue weighted by molar-refractivity contribution is -0.142. The third kappa shape index (κ3) is 3.28. The van der Waals surface area contributed by atoms with Crippen LogP contribution in [0.15, 0.2) is 18.2 Å².